The summed E-state index contributed by atoms with van der Waals surface area (Å²) in [4.78, 5) is 12.5. The van der Waals surface area contributed by atoms with E-state index in [1.807, 2.05) is 19.1 Å². The lowest BCUT2D eigenvalue weighted by Crippen LogP contribution is -2.38. The Morgan fingerprint density at radius 3 is 2.71 bits per heavy atom. The molecule has 9 heteroatoms. The molecule has 0 aliphatic heterocycles. The number of alkyl halides is 3. The maximum atomic E-state index is 12.2. The van der Waals surface area contributed by atoms with E-state index in [1.165, 1.54) is 0 Å². The lowest BCUT2D eigenvalue weighted by molar-refractivity contribution is -0.132. The van der Waals surface area contributed by atoms with Crippen LogP contribution >= 0.6 is 0 Å². The van der Waals surface area contributed by atoms with Crippen molar-refractivity contribution >= 4 is 5.96 Å². The second kappa shape index (κ2) is 8.32. The van der Waals surface area contributed by atoms with Gasteiger partial charge in [0.05, 0.1) is 13.0 Å². The molecule has 24 heavy (non-hydrogen) atoms. The largest absolute Gasteiger partial charge is 0.390 e. The van der Waals surface area contributed by atoms with Gasteiger partial charge in [0, 0.05) is 31.7 Å². The van der Waals surface area contributed by atoms with Crippen molar-refractivity contribution in [1.82, 2.24) is 25.2 Å². The molecule has 0 aliphatic carbocycles. The third kappa shape index (κ3) is 5.90. The van der Waals surface area contributed by atoms with E-state index in [0.29, 0.717) is 19.0 Å². The summed E-state index contributed by atoms with van der Waals surface area (Å²) in [6, 6.07) is 3.70. The molecule has 2 N–H and O–H groups in total. The molecule has 0 bridgehead atoms. The summed E-state index contributed by atoms with van der Waals surface area (Å²) in [5, 5.41) is 5.58. The van der Waals surface area contributed by atoms with Gasteiger partial charge in [0.1, 0.15) is 12.1 Å². The zero-order chi connectivity index (χ0) is 17.4. The highest BCUT2D eigenvalue weighted by Crippen LogP contribution is 2.18. The van der Waals surface area contributed by atoms with Crippen LogP contribution in [0.15, 0.2) is 42.0 Å². The average molecular weight is 340 g/mol. The molecule has 0 saturated heterocycles. The number of halogens is 3. The van der Waals surface area contributed by atoms with Gasteiger partial charge in [-0.25, -0.2) is 15.0 Å². The molecule has 0 atom stereocenters. The van der Waals surface area contributed by atoms with Crippen LogP contribution in [0.1, 0.15) is 18.9 Å². The molecule has 0 aromatic carbocycles. The molecule has 130 valence electrons. The molecule has 0 amide bonds. The first-order chi connectivity index (χ1) is 11.5. The third-order valence-electron chi connectivity index (χ3n) is 3.04. The van der Waals surface area contributed by atoms with Crippen molar-refractivity contribution in [3.05, 3.63) is 42.6 Å². The SMILES string of the molecule is CCNC(=NCc1ccc(-n2ccnc2)nc1)NCCC(F)(F)F. The molecular weight excluding hydrogens is 321 g/mol. The van der Waals surface area contributed by atoms with E-state index in [4.69, 9.17) is 0 Å². The molecular formula is C15H19F3N6. The molecule has 2 aromatic rings. The van der Waals surface area contributed by atoms with Gasteiger partial charge in [-0.05, 0) is 18.6 Å². The first-order valence-corrected chi connectivity index (χ1v) is 7.50. The van der Waals surface area contributed by atoms with Crippen LogP contribution in [0.3, 0.4) is 0 Å². The molecule has 2 rings (SSSR count). The normalized spacial score (nSPS) is 12.2. The molecule has 2 aromatic heterocycles. The number of pyridine rings is 1. The highest BCUT2D eigenvalue weighted by molar-refractivity contribution is 5.79. The number of rotatable bonds is 6. The Balaban J connectivity index is 1.92. The van der Waals surface area contributed by atoms with Crippen molar-refractivity contribution in [3.63, 3.8) is 0 Å². The molecule has 0 fully saturated rings. The number of hydrogen-bond acceptors (Lipinski definition) is 3. The van der Waals surface area contributed by atoms with Crippen LogP contribution in [0.4, 0.5) is 13.2 Å². The van der Waals surface area contributed by atoms with Crippen LogP contribution in [-0.2, 0) is 6.54 Å². The Morgan fingerprint density at radius 1 is 1.29 bits per heavy atom. The average Bonchev–Trinajstić information content (AvgIpc) is 3.06. The minimum Gasteiger partial charge on any atom is -0.357 e. The summed E-state index contributed by atoms with van der Waals surface area (Å²) in [5.74, 6) is 1.08. The van der Waals surface area contributed by atoms with Crippen molar-refractivity contribution in [2.75, 3.05) is 13.1 Å². The minimum atomic E-state index is -4.18. The van der Waals surface area contributed by atoms with Crippen LogP contribution in [0.2, 0.25) is 0 Å². The smallest absolute Gasteiger partial charge is 0.357 e. The zero-order valence-corrected chi connectivity index (χ0v) is 13.2. The maximum absolute atomic E-state index is 12.2. The molecule has 2 heterocycles. The fourth-order valence-corrected chi connectivity index (χ4v) is 1.89. The highest BCUT2D eigenvalue weighted by atomic mass is 19.4. The Hall–Kier alpha value is -2.58. The van der Waals surface area contributed by atoms with Crippen molar-refractivity contribution in [2.24, 2.45) is 4.99 Å². The zero-order valence-electron chi connectivity index (χ0n) is 13.2. The highest BCUT2D eigenvalue weighted by Gasteiger charge is 2.26. The Labute approximate surface area is 137 Å². The summed E-state index contributed by atoms with van der Waals surface area (Å²) in [6.07, 6.45) is 1.69. The van der Waals surface area contributed by atoms with Gasteiger partial charge < -0.3 is 10.6 Å². The van der Waals surface area contributed by atoms with Gasteiger partial charge in [-0.15, -0.1) is 0 Å². The van der Waals surface area contributed by atoms with Gasteiger partial charge in [-0.1, -0.05) is 6.07 Å². The second-order valence-corrected chi connectivity index (χ2v) is 4.98. The van der Waals surface area contributed by atoms with Crippen LogP contribution in [0.25, 0.3) is 5.82 Å². The minimum absolute atomic E-state index is 0.215. The summed E-state index contributed by atoms with van der Waals surface area (Å²) < 4.78 is 38.3. The van der Waals surface area contributed by atoms with Gasteiger partial charge >= 0.3 is 6.18 Å². The van der Waals surface area contributed by atoms with Crippen molar-refractivity contribution < 1.29 is 13.2 Å². The van der Waals surface area contributed by atoms with E-state index in [0.717, 1.165) is 11.4 Å². The van der Waals surface area contributed by atoms with Gasteiger partial charge in [0.15, 0.2) is 5.96 Å². The molecule has 0 saturated carbocycles. The van der Waals surface area contributed by atoms with E-state index in [-0.39, 0.29) is 6.54 Å². The first-order valence-electron chi connectivity index (χ1n) is 7.50. The van der Waals surface area contributed by atoms with Crippen molar-refractivity contribution in [3.8, 4) is 5.82 Å². The van der Waals surface area contributed by atoms with Gasteiger partial charge in [-0.2, -0.15) is 13.2 Å². The summed E-state index contributed by atoms with van der Waals surface area (Å²) in [7, 11) is 0. The standard InChI is InChI=1S/C15H19F3N6/c1-2-20-14(21-6-5-15(16,17)18)23-10-12-3-4-13(22-9-12)24-8-7-19-11-24/h3-4,7-9,11H,2,5-6,10H2,1H3,(H2,20,21,23). The molecule has 0 unspecified atom stereocenters. The molecule has 0 aliphatic rings. The lowest BCUT2D eigenvalue weighted by Gasteiger charge is -2.12. The van der Waals surface area contributed by atoms with Crippen molar-refractivity contribution in [1.29, 1.82) is 0 Å². The van der Waals surface area contributed by atoms with Crippen LogP contribution in [-0.4, -0.2) is 39.8 Å². The summed E-state index contributed by atoms with van der Waals surface area (Å²) in [6.45, 7) is 2.52. The number of hydrogen-bond donors (Lipinski definition) is 2. The molecule has 6 nitrogen and oxygen atoms in total. The van der Waals surface area contributed by atoms with E-state index in [1.54, 1.807) is 29.5 Å². The predicted molar refractivity (Wildman–Crippen MR) is 84.8 cm³/mol. The van der Waals surface area contributed by atoms with E-state index in [2.05, 4.69) is 25.6 Å². The fraction of sp³-hybridized carbons (Fsp3) is 0.400. The monoisotopic (exact) mass is 340 g/mol. The number of nitrogens with one attached hydrogen (secondary N) is 2. The van der Waals surface area contributed by atoms with Gasteiger partial charge in [0.25, 0.3) is 0 Å². The number of imidazole rings is 1. The quantitative estimate of drug-likeness (QED) is 0.625. The lowest BCUT2D eigenvalue weighted by atomic mass is 10.3. The fourth-order valence-electron chi connectivity index (χ4n) is 1.89. The third-order valence-corrected chi connectivity index (χ3v) is 3.04. The Bertz CT molecular complexity index is 634. The van der Waals surface area contributed by atoms with Crippen LogP contribution in [0, 0.1) is 0 Å². The first kappa shape index (κ1) is 17.8. The van der Waals surface area contributed by atoms with Gasteiger partial charge in [0.2, 0.25) is 0 Å². The van der Waals surface area contributed by atoms with Crippen LogP contribution in [0.5, 0.6) is 0 Å². The summed E-state index contributed by atoms with van der Waals surface area (Å²) >= 11 is 0. The van der Waals surface area contributed by atoms with E-state index in [9.17, 15) is 13.2 Å². The van der Waals surface area contributed by atoms with Crippen LogP contribution < -0.4 is 10.6 Å². The van der Waals surface area contributed by atoms with Crippen molar-refractivity contribution in [2.45, 2.75) is 26.1 Å². The number of aromatic nitrogens is 3. The summed E-state index contributed by atoms with van der Waals surface area (Å²) in [5.41, 5.74) is 0.854. The topological polar surface area (TPSA) is 67.1 Å². The molecule has 0 radical (unpaired) electrons. The van der Waals surface area contributed by atoms with Gasteiger partial charge in [-0.3, -0.25) is 4.57 Å². The molecule has 0 spiro atoms. The Morgan fingerprint density at radius 2 is 2.12 bits per heavy atom. The number of guanidine groups is 1. The van der Waals surface area contributed by atoms with E-state index < -0.39 is 12.6 Å². The maximum Gasteiger partial charge on any atom is 0.390 e. The number of aliphatic imine (C=N–C) groups is 1. The van der Waals surface area contributed by atoms with E-state index >= 15 is 0 Å². The predicted octanol–water partition coefficient (Wildman–Crippen LogP) is 2.27. The number of nitrogens with zero attached hydrogens (tertiary/aromatic N) is 4. The second-order valence-electron chi connectivity index (χ2n) is 4.98. The Kier molecular flexibility index (Phi) is 6.16.